The summed E-state index contributed by atoms with van der Waals surface area (Å²) in [6.45, 7) is 6.18. The SMILES string of the molecule is Cc1ccc(C)c(OCC(O)CN2C(=O)NC(C)(c3ccc4c(c3)OCCO4)C2=O)c1. The lowest BCUT2D eigenvalue weighted by Gasteiger charge is -2.25. The number of nitrogens with zero attached hydrogens (tertiary/aromatic N) is 1. The van der Waals surface area contributed by atoms with E-state index in [0.717, 1.165) is 16.0 Å². The Labute approximate surface area is 180 Å². The van der Waals surface area contributed by atoms with Gasteiger partial charge in [0.2, 0.25) is 0 Å². The number of urea groups is 1. The Morgan fingerprint density at radius 1 is 1.13 bits per heavy atom. The maximum Gasteiger partial charge on any atom is 0.325 e. The zero-order chi connectivity index (χ0) is 22.2. The number of ether oxygens (including phenoxy) is 3. The Balaban J connectivity index is 1.44. The predicted molar refractivity (Wildman–Crippen MR) is 112 cm³/mol. The zero-order valence-corrected chi connectivity index (χ0v) is 17.8. The molecule has 8 heteroatoms. The molecule has 3 amide bonds. The van der Waals surface area contributed by atoms with Crippen LogP contribution in [0.15, 0.2) is 36.4 Å². The second-order valence-electron chi connectivity index (χ2n) is 8.06. The molecule has 2 N–H and O–H groups in total. The third-order valence-corrected chi connectivity index (χ3v) is 5.56. The number of aliphatic hydroxyl groups is 1. The molecule has 8 nitrogen and oxygen atoms in total. The molecule has 1 fully saturated rings. The van der Waals surface area contributed by atoms with Gasteiger partial charge >= 0.3 is 6.03 Å². The minimum Gasteiger partial charge on any atom is -0.491 e. The van der Waals surface area contributed by atoms with Gasteiger partial charge in [-0.25, -0.2) is 4.79 Å². The maximum absolute atomic E-state index is 13.1. The van der Waals surface area contributed by atoms with E-state index in [1.54, 1.807) is 25.1 Å². The highest BCUT2D eigenvalue weighted by Crippen LogP contribution is 2.36. The molecule has 1 saturated heterocycles. The van der Waals surface area contributed by atoms with E-state index in [9.17, 15) is 14.7 Å². The first-order valence-corrected chi connectivity index (χ1v) is 10.2. The van der Waals surface area contributed by atoms with Crippen LogP contribution < -0.4 is 19.5 Å². The van der Waals surface area contributed by atoms with Crippen molar-refractivity contribution in [2.75, 3.05) is 26.4 Å². The van der Waals surface area contributed by atoms with Crippen LogP contribution in [-0.4, -0.2) is 54.4 Å². The topological polar surface area (TPSA) is 97.3 Å². The lowest BCUT2D eigenvalue weighted by molar-refractivity contribution is -0.132. The largest absolute Gasteiger partial charge is 0.491 e. The molecule has 2 unspecified atom stereocenters. The average Bonchev–Trinajstić information content (AvgIpc) is 2.98. The van der Waals surface area contributed by atoms with E-state index >= 15 is 0 Å². The van der Waals surface area contributed by atoms with Gasteiger partial charge in [-0.15, -0.1) is 0 Å². The molecule has 2 aromatic carbocycles. The normalized spacial score (nSPS) is 21.1. The molecule has 164 valence electrons. The number of β-amino-alcohol motifs (C(OH)–C–C–N with tert-alkyl or cyclic N) is 1. The Hall–Kier alpha value is -3.26. The van der Waals surface area contributed by atoms with Gasteiger partial charge in [0.05, 0.1) is 6.54 Å². The zero-order valence-electron chi connectivity index (χ0n) is 17.8. The number of aliphatic hydroxyl groups excluding tert-OH is 1. The van der Waals surface area contributed by atoms with Crippen molar-refractivity contribution < 1.29 is 28.9 Å². The van der Waals surface area contributed by atoms with E-state index in [2.05, 4.69) is 5.32 Å². The maximum atomic E-state index is 13.1. The number of hydrogen-bond acceptors (Lipinski definition) is 6. The summed E-state index contributed by atoms with van der Waals surface area (Å²) in [5, 5.41) is 13.2. The summed E-state index contributed by atoms with van der Waals surface area (Å²) in [6, 6.07) is 10.4. The van der Waals surface area contributed by atoms with Gasteiger partial charge in [-0.3, -0.25) is 9.69 Å². The van der Waals surface area contributed by atoms with E-state index in [-0.39, 0.29) is 13.2 Å². The van der Waals surface area contributed by atoms with Gasteiger partial charge in [-0.1, -0.05) is 18.2 Å². The summed E-state index contributed by atoms with van der Waals surface area (Å²) in [6.07, 6.45) is -1.03. The number of hydrogen-bond donors (Lipinski definition) is 2. The molecule has 0 bridgehead atoms. The number of aryl methyl sites for hydroxylation is 2. The van der Waals surface area contributed by atoms with Crippen molar-refractivity contribution >= 4 is 11.9 Å². The molecule has 2 aliphatic rings. The van der Waals surface area contributed by atoms with E-state index in [1.807, 2.05) is 32.0 Å². The smallest absolute Gasteiger partial charge is 0.325 e. The van der Waals surface area contributed by atoms with Gasteiger partial charge in [0, 0.05) is 0 Å². The van der Waals surface area contributed by atoms with E-state index < -0.39 is 23.6 Å². The van der Waals surface area contributed by atoms with Crippen molar-refractivity contribution in [2.24, 2.45) is 0 Å². The summed E-state index contributed by atoms with van der Waals surface area (Å²) in [7, 11) is 0. The molecule has 2 aliphatic heterocycles. The lowest BCUT2D eigenvalue weighted by Crippen LogP contribution is -2.42. The number of rotatable bonds is 6. The van der Waals surface area contributed by atoms with Crippen molar-refractivity contribution in [2.45, 2.75) is 32.4 Å². The number of fused-ring (bicyclic) bond motifs is 1. The molecular weight excluding hydrogens is 400 g/mol. The standard InChI is InChI=1S/C23H26N2O6/c1-14-4-5-15(2)19(10-14)31-13-17(26)12-25-21(27)23(3,24-22(25)28)16-6-7-18-20(11-16)30-9-8-29-18/h4-7,10-11,17,26H,8-9,12-13H2,1-3H3,(H,24,28). The fourth-order valence-corrected chi connectivity index (χ4v) is 3.73. The number of carbonyl (C=O) groups excluding carboxylic acids is 2. The number of benzene rings is 2. The van der Waals surface area contributed by atoms with Gasteiger partial charge < -0.3 is 24.6 Å². The van der Waals surface area contributed by atoms with Crippen LogP contribution in [-0.2, 0) is 10.3 Å². The van der Waals surface area contributed by atoms with E-state index in [0.29, 0.717) is 36.0 Å². The molecule has 2 atom stereocenters. The highest BCUT2D eigenvalue weighted by Gasteiger charge is 2.49. The highest BCUT2D eigenvalue weighted by atomic mass is 16.6. The van der Waals surface area contributed by atoms with Gasteiger partial charge in [0.15, 0.2) is 11.5 Å². The summed E-state index contributed by atoms with van der Waals surface area (Å²) in [4.78, 5) is 26.7. The molecule has 4 rings (SSSR count). The van der Waals surface area contributed by atoms with Gasteiger partial charge in [0.1, 0.15) is 37.2 Å². The Kier molecular flexibility index (Phi) is 5.49. The highest BCUT2D eigenvalue weighted by molar-refractivity contribution is 6.07. The van der Waals surface area contributed by atoms with Crippen molar-refractivity contribution in [1.82, 2.24) is 10.2 Å². The van der Waals surface area contributed by atoms with Gasteiger partial charge in [-0.05, 0) is 55.7 Å². The molecule has 0 radical (unpaired) electrons. The second kappa shape index (κ2) is 8.11. The molecule has 2 heterocycles. The van der Waals surface area contributed by atoms with Crippen molar-refractivity contribution in [1.29, 1.82) is 0 Å². The molecule has 0 aliphatic carbocycles. The molecular formula is C23H26N2O6. The first-order chi connectivity index (χ1) is 14.8. The number of carbonyl (C=O) groups is 2. The van der Waals surface area contributed by atoms with E-state index in [4.69, 9.17) is 14.2 Å². The van der Waals surface area contributed by atoms with E-state index in [1.165, 1.54) is 0 Å². The third kappa shape index (κ3) is 4.03. The first kappa shape index (κ1) is 21.0. The minimum atomic E-state index is -1.26. The van der Waals surface area contributed by atoms with Crippen LogP contribution >= 0.6 is 0 Å². The van der Waals surface area contributed by atoms with Crippen LogP contribution in [0.25, 0.3) is 0 Å². The number of imide groups is 1. The Bertz CT molecular complexity index is 1020. The monoisotopic (exact) mass is 426 g/mol. The van der Waals surface area contributed by atoms with Crippen LogP contribution in [0.1, 0.15) is 23.6 Å². The Morgan fingerprint density at radius 2 is 1.87 bits per heavy atom. The van der Waals surface area contributed by atoms with Crippen LogP contribution in [0.2, 0.25) is 0 Å². The molecule has 0 spiro atoms. The predicted octanol–water partition coefficient (Wildman–Crippen LogP) is 2.28. The van der Waals surface area contributed by atoms with Crippen LogP contribution in [0.5, 0.6) is 17.2 Å². The van der Waals surface area contributed by atoms with Gasteiger partial charge in [-0.2, -0.15) is 0 Å². The number of amides is 3. The third-order valence-electron chi connectivity index (χ3n) is 5.56. The lowest BCUT2D eigenvalue weighted by atomic mass is 9.91. The number of nitrogens with one attached hydrogen (secondary N) is 1. The summed E-state index contributed by atoms with van der Waals surface area (Å²) >= 11 is 0. The van der Waals surface area contributed by atoms with Crippen LogP contribution in [0, 0.1) is 13.8 Å². The van der Waals surface area contributed by atoms with Crippen LogP contribution in [0.4, 0.5) is 4.79 Å². The fourth-order valence-electron chi connectivity index (χ4n) is 3.73. The van der Waals surface area contributed by atoms with Crippen molar-refractivity contribution in [3.05, 3.63) is 53.1 Å². The summed E-state index contributed by atoms with van der Waals surface area (Å²) < 4.78 is 16.8. The molecule has 2 aromatic rings. The minimum absolute atomic E-state index is 0.0396. The molecule has 0 saturated carbocycles. The average molecular weight is 426 g/mol. The Morgan fingerprint density at radius 3 is 2.65 bits per heavy atom. The second-order valence-corrected chi connectivity index (χ2v) is 8.06. The summed E-state index contributed by atoms with van der Waals surface area (Å²) in [5.74, 6) is 1.36. The van der Waals surface area contributed by atoms with Crippen LogP contribution in [0.3, 0.4) is 0 Å². The summed E-state index contributed by atoms with van der Waals surface area (Å²) in [5.41, 5.74) is 1.30. The molecule has 31 heavy (non-hydrogen) atoms. The van der Waals surface area contributed by atoms with Gasteiger partial charge in [0.25, 0.3) is 5.91 Å². The van der Waals surface area contributed by atoms with Crippen molar-refractivity contribution in [3.8, 4) is 17.2 Å². The molecule has 0 aromatic heterocycles. The first-order valence-electron chi connectivity index (χ1n) is 10.2. The quantitative estimate of drug-likeness (QED) is 0.688. The van der Waals surface area contributed by atoms with Crippen molar-refractivity contribution in [3.63, 3.8) is 0 Å². The fraction of sp³-hybridized carbons (Fsp3) is 0.391.